The van der Waals surface area contributed by atoms with Crippen molar-refractivity contribution in [3.8, 4) is 5.88 Å². The zero-order valence-corrected chi connectivity index (χ0v) is 13.2. The molecule has 122 valence electrons. The van der Waals surface area contributed by atoms with Gasteiger partial charge in [-0.15, -0.1) is 0 Å². The average molecular weight is 314 g/mol. The van der Waals surface area contributed by atoms with Crippen molar-refractivity contribution in [2.24, 2.45) is 0 Å². The first-order valence-corrected chi connectivity index (χ1v) is 8.44. The fraction of sp³-hybridized carbons (Fsp3) is 0.556. The lowest BCUT2D eigenvalue weighted by atomic mass is 9.98. The van der Waals surface area contributed by atoms with Crippen molar-refractivity contribution >= 4 is 5.91 Å². The lowest BCUT2D eigenvalue weighted by Gasteiger charge is -2.23. The SMILES string of the molecule is O=C(C1=CCCC1)N1CC[C@]2(C[C@@H](Oc3ccccn3)CO2)C1. The van der Waals surface area contributed by atoms with E-state index < -0.39 is 0 Å². The largest absolute Gasteiger partial charge is 0.472 e. The number of nitrogens with zero attached hydrogens (tertiary/aromatic N) is 2. The van der Waals surface area contributed by atoms with E-state index in [4.69, 9.17) is 9.47 Å². The topological polar surface area (TPSA) is 51.7 Å². The highest BCUT2D eigenvalue weighted by atomic mass is 16.6. The van der Waals surface area contributed by atoms with Crippen LogP contribution in [0.4, 0.5) is 0 Å². The van der Waals surface area contributed by atoms with E-state index in [0.717, 1.165) is 44.2 Å². The van der Waals surface area contributed by atoms with Gasteiger partial charge in [-0.25, -0.2) is 4.98 Å². The van der Waals surface area contributed by atoms with Crippen LogP contribution in [0.15, 0.2) is 36.0 Å². The number of likely N-dealkylation sites (tertiary alicyclic amines) is 1. The summed E-state index contributed by atoms with van der Waals surface area (Å²) < 4.78 is 12.0. The molecule has 0 radical (unpaired) electrons. The van der Waals surface area contributed by atoms with E-state index in [2.05, 4.69) is 11.1 Å². The highest BCUT2D eigenvalue weighted by molar-refractivity contribution is 5.94. The van der Waals surface area contributed by atoms with Gasteiger partial charge in [0.1, 0.15) is 6.10 Å². The maximum absolute atomic E-state index is 12.5. The number of aromatic nitrogens is 1. The number of allylic oxidation sites excluding steroid dienone is 1. The molecule has 3 aliphatic rings. The molecular formula is C18H22N2O3. The molecule has 1 aromatic heterocycles. The summed E-state index contributed by atoms with van der Waals surface area (Å²) in [5, 5.41) is 0. The van der Waals surface area contributed by atoms with Crippen LogP contribution in [-0.4, -0.2) is 47.2 Å². The van der Waals surface area contributed by atoms with Gasteiger partial charge < -0.3 is 14.4 Å². The number of amides is 1. The maximum atomic E-state index is 12.5. The smallest absolute Gasteiger partial charge is 0.249 e. The van der Waals surface area contributed by atoms with Crippen molar-refractivity contribution in [1.82, 2.24) is 9.88 Å². The number of ether oxygens (including phenoxy) is 2. The van der Waals surface area contributed by atoms with Crippen LogP contribution in [0.5, 0.6) is 5.88 Å². The van der Waals surface area contributed by atoms with Crippen molar-refractivity contribution < 1.29 is 14.3 Å². The Morgan fingerprint density at radius 3 is 3.17 bits per heavy atom. The lowest BCUT2D eigenvalue weighted by Crippen LogP contribution is -2.36. The van der Waals surface area contributed by atoms with Crippen molar-refractivity contribution in [3.63, 3.8) is 0 Å². The van der Waals surface area contributed by atoms with Crippen LogP contribution >= 0.6 is 0 Å². The number of rotatable bonds is 3. The molecule has 0 bridgehead atoms. The Hall–Kier alpha value is -1.88. The molecule has 1 spiro atoms. The lowest BCUT2D eigenvalue weighted by molar-refractivity contribution is -0.127. The fourth-order valence-electron chi connectivity index (χ4n) is 3.84. The molecule has 0 saturated carbocycles. The summed E-state index contributed by atoms with van der Waals surface area (Å²) in [4.78, 5) is 18.7. The zero-order valence-electron chi connectivity index (χ0n) is 13.2. The molecule has 2 aliphatic heterocycles. The second kappa shape index (κ2) is 5.96. The van der Waals surface area contributed by atoms with E-state index in [1.165, 1.54) is 0 Å². The third kappa shape index (κ3) is 2.98. The van der Waals surface area contributed by atoms with Crippen LogP contribution in [0.1, 0.15) is 32.1 Å². The molecule has 1 amide bonds. The zero-order chi connectivity index (χ0) is 15.7. The summed E-state index contributed by atoms with van der Waals surface area (Å²) >= 11 is 0. The van der Waals surface area contributed by atoms with Crippen molar-refractivity contribution in [1.29, 1.82) is 0 Å². The van der Waals surface area contributed by atoms with E-state index in [1.807, 2.05) is 23.1 Å². The highest BCUT2D eigenvalue weighted by Gasteiger charge is 2.47. The molecule has 23 heavy (non-hydrogen) atoms. The summed E-state index contributed by atoms with van der Waals surface area (Å²) in [5.74, 6) is 0.845. The molecule has 5 nitrogen and oxygen atoms in total. The predicted octanol–water partition coefficient (Wildman–Crippen LogP) is 2.33. The van der Waals surface area contributed by atoms with E-state index in [9.17, 15) is 4.79 Å². The predicted molar refractivity (Wildman–Crippen MR) is 85.1 cm³/mol. The van der Waals surface area contributed by atoms with E-state index in [-0.39, 0.29) is 17.6 Å². The van der Waals surface area contributed by atoms with Crippen molar-refractivity contribution in [2.45, 2.75) is 43.8 Å². The molecule has 4 rings (SSSR count). The first-order valence-electron chi connectivity index (χ1n) is 8.44. The Morgan fingerprint density at radius 1 is 1.43 bits per heavy atom. The number of pyridine rings is 1. The Bertz CT molecular complexity index is 616. The standard InChI is InChI=1S/C18H22N2O3/c21-17(14-5-1-2-6-14)20-10-8-18(13-20)11-15(12-22-18)23-16-7-3-4-9-19-16/h3-5,7,9,15H,1-2,6,8,10-13H2/t15-,18+/m1/s1. The van der Waals surface area contributed by atoms with Crippen LogP contribution in [0.2, 0.25) is 0 Å². The van der Waals surface area contributed by atoms with Gasteiger partial charge in [-0.2, -0.15) is 0 Å². The average Bonchev–Trinajstić information content (AvgIpc) is 3.31. The molecule has 1 aromatic rings. The summed E-state index contributed by atoms with van der Waals surface area (Å²) in [7, 11) is 0. The van der Waals surface area contributed by atoms with Gasteiger partial charge >= 0.3 is 0 Å². The van der Waals surface area contributed by atoms with Crippen LogP contribution in [0.3, 0.4) is 0 Å². The first-order chi connectivity index (χ1) is 11.2. The van der Waals surface area contributed by atoms with Crippen LogP contribution in [0, 0.1) is 0 Å². The molecule has 5 heteroatoms. The van der Waals surface area contributed by atoms with Crippen LogP contribution < -0.4 is 4.74 Å². The Morgan fingerprint density at radius 2 is 2.39 bits per heavy atom. The van der Waals surface area contributed by atoms with Gasteiger partial charge in [-0.3, -0.25) is 4.79 Å². The molecule has 0 N–H and O–H groups in total. The highest BCUT2D eigenvalue weighted by Crippen LogP contribution is 2.37. The molecule has 0 unspecified atom stereocenters. The number of hydrogen-bond donors (Lipinski definition) is 0. The normalized spacial score (nSPS) is 30.0. The van der Waals surface area contributed by atoms with Gasteiger partial charge in [-0.05, 0) is 31.7 Å². The van der Waals surface area contributed by atoms with Crippen molar-refractivity contribution in [2.75, 3.05) is 19.7 Å². The Labute approximate surface area is 136 Å². The Balaban J connectivity index is 1.36. The molecule has 2 fully saturated rings. The number of hydrogen-bond acceptors (Lipinski definition) is 4. The van der Waals surface area contributed by atoms with E-state index >= 15 is 0 Å². The summed E-state index contributed by atoms with van der Waals surface area (Å²) in [5.41, 5.74) is 0.759. The third-order valence-electron chi connectivity index (χ3n) is 5.02. The van der Waals surface area contributed by atoms with Crippen LogP contribution in [-0.2, 0) is 9.53 Å². The number of carbonyl (C=O) groups excluding carboxylic acids is 1. The maximum Gasteiger partial charge on any atom is 0.249 e. The number of carbonyl (C=O) groups is 1. The quantitative estimate of drug-likeness (QED) is 0.859. The summed E-state index contributed by atoms with van der Waals surface area (Å²) in [6, 6.07) is 5.65. The molecule has 2 atom stereocenters. The minimum Gasteiger partial charge on any atom is -0.472 e. The molecule has 1 aliphatic carbocycles. The molecule has 0 aromatic carbocycles. The summed E-state index contributed by atoms with van der Waals surface area (Å²) in [6.45, 7) is 2.04. The molecule has 2 saturated heterocycles. The molecule has 3 heterocycles. The van der Waals surface area contributed by atoms with E-state index in [1.54, 1.807) is 6.20 Å². The van der Waals surface area contributed by atoms with E-state index in [0.29, 0.717) is 19.0 Å². The summed E-state index contributed by atoms with van der Waals surface area (Å²) in [6.07, 6.45) is 8.63. The minimum absolute atomic E-state index is 0.0191. The van der Waals surface area contributed by atoms with Gasteiger partial charge in [0, 0.05) is 30.8 Å². The van der Waals surface area contributed by atoms with Gasteiger partial charge in [0.25, 0.3) is 0 Å². The second-order valence-electron chi connectivity index (χ2n) is 6.70. The van der Waals surface area contributed by atoms with Crippen molar-refractivity contribution in [3.05, 3.63) is 36.0 Å². The van der Waals surface area contributed by atoms with Gasteiger partial charge in [0.05, 0.1) is 18.8 Å². The van der Waals surface area contributed by atoms with Gasteiger partial charge in [0.2, 0.25) is 11.8 Å². The van der Waals surface area contributed by atoms with Gasteiger partial charge in [-0.1, -0.05) is 12.1 Å². The third-order valence-corrected chi connectivity index (χ3v) is 5.02. The first kappa shape index (κ1) is 14.7. The van der Waals surface area contributed by atoms with Crippen LogP contribution in [0.25, 0.3) is 0 Å². The minimum atomic E-state index is -0.228. The molecular weight excluding hydrogens is 292 g/mol. The Kier molecular flexibility index (Phi) is 3.81. The fourth-order valence-corrected chi connectivity index (χ4v) is 3.84. The second-order valence-corrected chi connectivity index (χ2v) is 6.70. The monoisotopic (exact) mass is 314 g/mol. The van der Waals surface area contributed by atoms with Gasteiger partial charge in [0.15, 0.2) is 0 Å².